The summed E-state index contributed by atoms with van der Waals surface area (Å²) in [6.07, 6.45) is 1.74. The summed E-state index contributed by atoms with van der Waals surface area (Å²) in [5.41, 5.74) is 2.39. The second-order valence-corrected chi connectivity index (χ2v) is 7.06. The number of carbonyl (C=O) groups is 2. The number of rotatable bonds is 5. The molecule has 4 rings (SSSR count). The van der Waals surface area contributed by atoms with Gasteiger partial charge in [-0.25, -0.2) is 9.97 Å². The summed E-state index contributed by atoms with van der Waals surface area (Å²) in [6.45, 7) is 5.62. The van der Waals surface area contributed by atoms with E-state index in [1.54, 1.807) is 26.0 Å². The maximum absolute atomic E-state index is 13.4. The lowest BCUT2D eigenvalue weighted by Crippen LogP contribution is -2.46. The van der Waals surface area contributed by atoms with Gasteiger partial charge in [0.15, 0.2) is 0 Å². The molecule has 6 heteroatoms. The number of esters is 2. The molecule has 30 heavy (non-hydrogen) atoms. The third-order valence-corrected chi connectivity index (χ3v) is 5.16. The molecule has 0 unspecified atom stereocenters. The molecular weight excluding hydrogens is 380 g/mol. The average molecular weight is 402 g/mol. The molecule has 6 nitrogen and oxygen atoms in total. The fourth-order valence-corrected chi connectivity index (χ4v) is 3.77. The van der Waals surface area contributed by atoms with Crippen molar-refractivity contribution in [2.75, 3.05) is 13.2 Å². The van der Waals surface area contributed by atoms with E-state index in [1.165, 1.54) is 0 Å². The summed E-state index contributed by atoms with van der Waals surface area (Å²) in [7, 11) is 0. The van der Waals surface area contributed by atoms with Crippen LogP contribution in [-0.2, 0) is 24.5 Å². The molecule has 1 heterocycles. The Hall–Kier alpha value is -3.54. The number of para-hydroxylation sites is 2. The monoisotopic (exact) mass is 402 g/mol. The summed E-state index contributed by atoms with van der Waals surface area (Å²) in [5.74, 6) is -1.42. The van der Waals surface area contributed by atoms with Gasteiger partial charge in [-0.15, -0.1) is 0 Å². The first-order valence-electron chi connectivity index (χ1n) is 9.93. The topological polar surface area (TPSA) is 78.4 Å². The van der Waals surface area contributed by atoms with E-state index in [9.17, 15) is 9.59 Å². The molecule has 1 aliphatic carbocycles. The van der Waals surface area contributed by atoms with Crippen molar-refractivity contribution in [3.05, 3.63) is 71.0 Å². The summed E-state index contributed by atoms with van der Waals surface area (Å²) < 4.78 is 10.8. The molecule has 0 atom stereocenters. The van der Waals surface area contributed by atoms with Crippen molar-refractivity contribution < 1.29 is 19.1 Å². The maximum atomic E-state index is 13.4. The second-order valence-electron chi connectivity index (χ2n) is 7.06. The van der Waals surface area contributed by atoms with Crippen LogP contribution in [0.5, 0.6) is 0 Å². The zero-order chi connectivity index (χ0) is 21.3. The van der Waals surface area contributed by atoms with Crippen molar-refractivity contribution in [3.63, 3.8) is 0 Å². The quantitative estimate of drug-likeness (QED) is 0.476. The maximum Gasteiger partial charge on any atom is 0.334 e. The lowest BCUT2D eigenvalue weighted by Gasteiger charge is -2.28. The number of hydrogen-bond acceptors (Lipinski definition) is 6. The molecule has 0 amide bonds. The van der Waals surface area contributed by atoms with Gasteiger partial charge in [0.25, 0.3) is 0 Å². The van der Waals surface area contributed by atoms with E-state index in [0.717, 1.165) is 5.56 Å². The Labute approximate surface area is 174 Å². The number of ether oxygens (including phenoxy) is 2. The minimum atomic E-state index is -1.83. The molecule has 1 aromatic heterocycles. The van der Waals surface area contributed by atoms with Gasteiger partial charge in [0.05, 0.1) is 29.9 Å². The van der Waals surface area contributed by atoms with Crippen molar-refractivity contribution in [2.45, 2.75) is 26.2 Å². The molecule has 0 saturated heterocycles. The highest BCUT2D eigenvalue weighted by molar-refractivity contribution is 6.23. The molecule has 0 saturated carbocycles. The summed E-state index contributed by atoms with van der Waals surface area (Å²) in [5, 5.41) is 0. The average Bonchev–Trinajstić information content (AvgIpc) is 3.08. The zero-order valence-electron chi connectivity index (χ0n) is 17.1. The highest BCUT2D eigenvalue weighted by Crippen LogP contribution is 2.48. The first-order valence-corrected chi connectivity index (χ1v) is 9.93. The van der Waals surface area contributed by atoms with E-state index < -0.39 is 17.4 Å². The van der Waals surface area contributed by atoms with E-state index in [0.29, 0.717) is 27.9 Å². The Morgan fingerprint density at radius 2 is 1.43 bits per heavy atom. The third-order valence-electron chi connectivity index (χ3n) is 5.16. The van der Waals surface area contributed by atoms with Crippen LogP contribution in [0, 0.1) is 6.92 Å². The van der Waals surface area contributed by atoms with E-state index in [4.69, 9.17) is 14.5 Å². The highest BCUT2D eigenvalue weighted by Gasteiger charge is 2.59. The number of carbonyl (C=O) groups excluding carboxylic acids is 2. The van der Waals surface area contributed by atoms with Crippen LogP contribution < -0.4 is 0 Å². The minimum Gasteiger partial charge on any atom is -0.465 e. The number of nitrogens with zero attached hydrogens (tertiary/aromatic N) is 2. The Bertz CT molecular complexity index is 1150. The Morgan fingerprint density at radius 3 is 2.00 bits per heavy atom. The molecular formula is C24H22N2O4. The molecule has 3 aromatic rings. The fraction of sp³-hybridized carbons (Fsp3) is 0.250. The number of hydrogen-bond donors (Lipinski definition) is 0. The van der Waals surface area contributed by atoms with Crippen LogP contribution in [0.4, 0.5) is 0 Å². The largest absolute Gasteiger partial charge is 0.465 e. The number of aryl methyl sites for hydroxylation is 1. The Kier molecular flexibility index (Phi) is 5.08. The molecule has 2 aromatic carbocycles. The first-order chi connectivity index (χ1) is 14.5. The van der Waals surface area contributed by atoms with E-state index in [-0.39, 0.29) is 18.9 Å². The van der Waals surface area contributed by atoms with E-state index >= 15 is 0 Å². The van der Waals surface area contributed by atoms with Crippen molar-refractivity contribution in [1.29, 1.82) is 0 Å². The van der Waals surface area contributed by atoms with Crippen molar-refractivity contribution in [1.82, 2.24) is 9.97 Å². The van der Waals surface area contributed by atoms with E-state index in [2.05, 4.69) is 4.98 Å². The van der Waals surface area contributed by atoms with Crippen LogP contribution in [-0.4, -0.2) is 35.1 Å². The third kappa shape index (κ3) is 2.96. The summed E-state index contributed by atoms with van der Waals surface area (Å²) >= 11 is 0. The van der Waals surface area contributed by atoms with Crippen LogP contribution in [0.15, 0.2) is 48.5 Å². The summed E-state index contributed by atoms with van der Waals surface area (Å²) in [6, 6.07) is 15.0. The van der Waals surface area contributed by atoms with Gasteiger partial charge in [0.1, 0.15) is 5.69 Å². The van der Waals surface area contributed by atoms with Gasteiger partial charge in [-0.3, -0.25) is 9.59 Å². The molecule has 1 aliphatic rings. The summed E-state index contributed by atoms with van der Waals surface area (Å²) in [4.78, 5) is 36.2. The lowest BCUT2D eigenvalue weighted by atomic mass is 9.77. The molecule has 0 spiro atoms. The van der Waals surface area contributed by atoms with Gasteiger partial charge in [0, 0.05) is 0 Å². The van der Waals surface area contributed by atoms with Crippen molar-refractivity contribution >= 4 is 34.6 Å². The minimum absolute atomic E-state index is 0.123. The van der Waals surface area contributed by atoms with Gasteiger partial charge < -0.3 is 9.47 Å². The number of benzene rings is 2. The van der Waals surface area contributed by atoms with Gasteiger partial charge >= 0.3 is 11.9 Å². The fourth-order valence-electron chi connectivity index (χ4n) is 3.77. The molecule has 0 N–H and O–H groups in total. The van der Waals surface area contributed by atoms with Crippen LogP contribution >= 0.6 is 0 Å². The van der Waals surface area contributed by atoms with Crippen LogP contribution in [0.3, 0.4) is 0 Å². The number of fused-ring (bicyclic) bond motifs is 2. The Morgan fingerprint density at radius 1 is 0.867 bits per heavy atom. The first kappa shape index (κ1) is 19.8. The second kappa shape index (κ2) is 7.71. The SMILES string of the molecule is CCOC(=O)C1(C(=O)OCC)C(c2ccc(C)cc2)=Cc2nc3ccccc3nc21. The molecule has 0 radical (unpaired) electrons. The van der Waals surface area contributed by atoms with Crippen LogP contribution in [0.2, 0.25) is 0 Å². The highest BCUT2D eigenvalue weighted by atomic mass is 16.6. The molecule has 0 bridgehead atoms. The normalized spacial score (nSPS) is 14.2. The predicted octanol–water partition coefficient (Wildman–Crippen LogP) is 3.86. The molecule has 0 aliphatic heterocycles. The number of aromatic nitrogens is 2. The van der Waals surface area contributed by atoms with E-state index in [1.807, 2.05) is 49.4 Å². The van der Waals surface area contributed by atoms with Gasteiger partial charge in [-0.2, -0.15) is 0 Å². The van der Waals surface area contributed by atoms with Crippen molar-refractivity contribution in [2.24, 2.45) is 0 Å². The van der Waals surface area contributed by atoms with Crippen LogP contribution in [0.25, 0.3) is 22.7 Å². The lowest BCUT2D eigenvalue weighted by molar-refractivity contribution is -0.161. The van der Waals surface area contributed by atoms with Crippen molar-refractivity contribution in [3.8, 4) is 0 Å². The van der Waals surface area contributed by atoms with Gasteiger partial charge in [-0.1, -0.05) is 42.0 Å². The molecule has 152 valence electrons. The predicted molar refractivity (Wildman–Crippen MR) is 114 cm³/mol. The van der Waals surface area contributed by atoms with Gasteiger partial charge in [-0.05, 0) is 50.1 Å². The standard InChI is InChI=1S/C24H22N2O4/c1-4-29-22(27)24(23(28)30-5-2)17(16-12-10-15(3)11-13-16)14-20-21(24)26-19-9-7-6-8-18(19)25-20/h6-14H,4-5H2,1-3H3. The zero-order valence-corrected chi connectivity index (χ0v) is 17.1. The smallest absolute Gasteiger partial charge is 0.334 e. The van der Waals surface area contributed by atoms with Gasteiger partial charge in [0.2, 0.25) is 5.41 Å². The Balaban J connectivity index is 2.05. The van der Waals surface area contributed by atoms with Crippen LogP contribution in [0.1, 0.15) is 36.4 Å². The molecule has 0 fully saturated rings.